The average Bonchev–Trinajstić information content (AvgIpc) is 3.03. The van der Waals surface area contributed by atoms with Crippen LogP contribution in [0.5, 0.6) is 0 Å². The lowest BCUT2D eigenvalue weighted by Gasteiger charge is -2.32. The Balaban J connectivity index is 1.79. The number of rotatable bonds is 3. The van der Waals surface area contributed by atoms with Crippen molar-refractivity contribution in [3.8, 4) is 0 Å². The summed E-state index contributed by atoms with van der Waals surface area (Å²) in [5.74, 6) is 1.39. The van der Waals surface area contributed by atoms with Crippen molar-refractivity contribution in [2.45, 2.75) is 31.7 Å². The summed E-state index contributed by atoms with van der Waals surface area (Å²) in [6.45, 7) is 0.857. The van der Waals surface area contributed by atoms with Crippen molar-refractivity contribution in [1.82, 2.24) is 9.88 Å². The van der Waals surface area contributed by atoms with E-state index >= 15 is 0 Å². The van der Waals surface area contributed by atoms with Gasteiger partial charge in [0.15, 0.2) is 0 Å². The second kappa shape index (κ2) is 5.06. The molecule has 2 aromatic rings. The third-order valence-corrected chi connectivity index (χ3v) is 5.26. The van der Waals surface area contributed by atoms with E-state index in [1.165, 1.54) is 22.2 Å². The van der Waals surface area contributed by atoms with Crippen LogP contribution >= 0.6 is 11.6 Å². The largest absolute Gasteiger partial charge is 0.356 e. The van der Waals surface area contributed by atoms with Crippen LogP contribution < -0.4 is 0 Å². The number of H-pyrrole nitrogens is 1. The Bertz CT molecular complexity index is 693. The molecular formula is C17H19ClN2O. The van der Waals surface area contributed by atoms with Gasteiger partial charge in [-0.15, -0.1) is 11.6 Å². The second-order valence-electron chi connectivity index (χ2n) is 6.14. The van der Waals surface area contributed by atoms with Crippen LogP contribution in [0.4, 0.5) is 0 Å². The Labute approximate surface area is 129 Å². The van der Waals surface area contributed by atoms with Gasteiger partial charge in [0, 0.05) is 35.4 Å². The highest BCUT2D eigenvalue weighted by Crippen LogP contribution is 2.45. The second-order valence-corrected chi connectivity index (χ2v) is 6.52. The number of carbonyl (C=O) groups excluding carboxylic acids is 1. The topological polar surface area (TPSA) is 36.1 Å². The molecule has 3 heterocycles. The Morgan fingerprint density at radius 2 is 2.19 bits per heavy atom. The van der Waals surface area contributed by atoms with E-state index in [1.807, 2.05) is 0 Å². The molecule has 1 amide bonds. The highest BCUT2D eigenvalue weighted by Gasteiger charge is 2.44. The summed E-state index contributed by atoms with van der Waals surface area (Å²) in [6.07, 6.45) is 3.66. The van der Waals surface area contributed by atoms with E-state index in [1.54, 1.807) is 0 Å². The molecule has 0 spiro atoms. The molecule has 2 unspecified atom stereocenters. The van der Waals surface area contributed by atoms with Gasteiger partial charge >= 0.3 is 0 Å². The molecular weight excluding hydrogens is 284 g/mol. The predicted molar refractivity (Wildman–Crippen MR) is 84.5 cm³/mol. The summed E-state index contributed by atoms with van der Waals surface area (Å²) in [5, 5.41) is 1.32. The molecule has 1 saturated heterocycles. The van der Waals surface area contributed by atoms with E-state index in [9.17, 15) is 4.79 Å². The first-order chi connectivity index (χ1) is 10.3. The zero-order valence-electron chi connectivity index (χ0n) is 11.9. The normalized spacial score (nSPS) is 24.4. The first kappa shape index (κ1) is 13.2. The van der Waals surface area contributed by atoms with E-state index in [0.717, 1.165) is 25.8 Å². The van der Waals surface area contributed by atoms with Crippen molar-refractivity contribution >= 4 is 28.4 Å². The van der Waals surface area contributed by atoms with E-state index in [-0.39, 0.29) is 6.04 Å². The van der Waals surface area contributed by atoms with Gasteiger partial charge in [-0.05, 0) is 36.8 Å². The van der Waals surface area contributed by atoms with Crippen LogP contribution in [0.25, 0.3) is 10.9 Å². The van der Waals surface area contributed by atoms with Gasteiger partial charge in [-0.25, -0.2) is 0 Å². The lowest BCUT2D eigenvalue weighted by atomic mass is 9.88. The number of nitrogens with one attached hydrogen (secondary N) is 1. The molecule has 0 saturated carbocycles. The average molecular weight is 303 g/mol. The van der Waals surface area contributed by atoms with Gasteiger partial charge in [-0.2, -0.15) is 0 Å². The Kier molecular flexibility index (Phi) is 3.18. The maximum Gasteiger partial charge on any atom is 0.223 e. The summed E-state index contributed by atoms with van der Waals surface area (Å²) >= 11 is 5.85. The van der Waals surface area contributed by atoms with Crippen LogP contribution in [-0.2, 0) is 11.2 Å². The van der Waals surface area contributed by atoms with Gasteiger partial charge < -0.3 is 9.88 Å². The maximum absolute atomic E-state index is 12.3. The molecule has 2 aliphatic rings. The number of aromatic amines is 1. The maximum atomic E-state index is 12.3. The number of alkyl halides is 1. The Morgan fingerprint density at radius 3 is 3.05 bits per heavy atom. The number of hydrogen-bond donors (Lipinski definition) is 1. The quantitative estimate of drug-likeness (QED) is 0.864. The van der Waals surface area contributed by atoms with E-state index in [4.69, 9.17) is 11.6 Å². The minimum Gasteiger partial charge on any atom is -0.356 e. The molecule has 1 N–H and O–H groups in total. The van der Waals surface area contributed by atoms with Gasteiger partial charge in [0.25, 0.3) is 0 Å². The van der Waals surface area contributed by atoms with Crippen molar-refractivity contribution in [3.63, 3.8) is 0 Å². The van der Waals surface area contributed by atoms with Crippen molar-refractivity contribution < 1.29 is 4.79 Å². The third-order valence-electron chi connectivity index (χ3n) is 4.99. The first-order valence-electron chi connectivity index (χ1n) is 7.74. The SMILES string of the molecule is O=C1CC(CCCCl)C2c3[nH]c4ccccc4c3CCN12. The number of fused-ring (bicyclic) bond motifs is 5. The lowest BCUT2D eigenvalue weighted by molar-refractivity contribution is -0.129. The monoisotopic (exact) mass is 302 g/mol. The molecule has 110 valence electrons. The van der Waals surface area contributed by atoms with Gasteiger partial charge in [0.05, 0.1) is 6.04 Å². The minimum atomic E-state index is 0.233. The minimum absolute atomic E-state index is 0.233. The van der Waals surface area contributed by atoms with Gasteiger partial charge in [0.2, 0.25) is 5.91 Å². The molecule has 0 radical (unpaired) electrons. The highest BCUT2D eigenvalue weighted by atomic mass is 35.5. The third kappa shape index (κ3) is 1.98. The van der Waals surface area contributed by atoms with Gasteiger partial charge in [-0.3, -0.25) is 4.79 Å². The smallest absolute Gasteiger partial charge is 0.223 e. The van der Waals surface area contributed by atoms with Crippen LogP contribution in [0.15, 0.2) is 24.3 Å². The molecule has 1 aromatic carbocycles. The Hall–Kier alpha value is -1.48. The first-order valence-corrected chi connectivity index (χ1v) is 8.28. The van der Waals surface area contributed by atoms with E-state index < -0.39 is 0 Å². The van der Waals surface area contributed by atoms with Crippen LogP contribution in [-0.4, -0.2) is 28.2 Å². The summed E-state index contributed by atoms with van der Waals surface area (Å²) < 4.78 is 0. The van der Waals surface area contributed by atoms with E-state index in [2.05, 4.69) is 34.1 Å². The highest BCUT2D eigenvalue weighted by molar-refractivity contribution is 6.17. The summed E-state index contributed by atoms with van der Waals surface area (Å²) in [7, 11) is 0. The molecule has 0 bridgehead atoms. The fourth-order valence-electron chi connectivity index (χ4n) is 4.09. The van der Waals surface area contributed by atoms with Gasteiger partial charge in [-0.1, -0.05) is 18.2 Å². The number of carbonyl (C=O) groups is 1. The summed E-state index contributed by atoms with van der Waals surface area (Å²) in [4.78, 5) is 18.0. The number of benzene rings is 1. The number of nitrogens with zero attached hydrogens (tertiary/aromatic N) is 1. The molecule has 2 aliphatic heterocycles. The molecule has 4 rings (SSSR count). The number of amides is 1. The summed E-state index contributed by atoms with van der Waals surface area (Å²) in [5.41, 5.74) is 3.88. The van der Waals surface area contributed by atoms with Crippen LogP contribution in [0.3, 0.4) is 0 Å². The van der Waals surface area contributed by atoms with Gasteiger partial charge in [0.1, 0.15) is 0 Å². The standard InChI is InChI=1S/C17H19ClN2O/c18-8-3-4-11-10-15(21)20-9-7-13-12-5-1-2-6-14(12)19-16(13)17(11)20/h1-2,5-6,11,17,19H,3-4,7-10H2. The van der Waals surface area contributed by atoms with Crippen molar-refractivity contribution in [2.75, 3.05) is 12.4 Å². The van der Waals surface area contributed by atoms with E-state index in [0.29, 0.717) is 24.1 Å². The summed E-state index contributed by atoms with van der Waals surface area (Å²) in [6, 6.07) is 8.70. The molecule has 2 atom stereocenters. The molecule has 0 aliphatic carbocycles. The molecule has 4 heteroatoms. The molecule has 21 heavy (non-hydrogen) atoms. The number of aromatic nitrogens is 1. The number of para-hydroxylation sites is 1. The number of hydrogen-bond acceptors (Lipinski definition) is 1. The molecule has 1 fully saturated rings. The zero-order valence-corrected chi connectivity index (χ0v) is 12.7. The fourth-order valence-corrected chi connectivity index (χ4v) is 4.25. The van der Waals surface area contributed by atoms with Crippen molar-refractivity contribution in [1.29, 1.82) is 0 Å². The predicted octanol–water partition coefficient (Wildman–Crippen LogP) is 3.63. The van der Waals surface area contributed by atoms with Crippen molar-refractivity contribution in [3.05, 3.63) is 35.5 Å². The van der Waals surface area contributed by atoms with Crippen molar-refractivity contribution in [2.24, 2.45) is 5.92 Å². The lowest BCUT2D eigenvalue weighted by Crippen LogP contribution is -2.35. The van der Waals surface area contributed by atoms with Crippen LogP contribution in [0.1, 0.15) is 36.6 Å². The van der Waals surface area contributed by atoms with Crippen LogP contribution in [0, 0.1) is 5.92 Å². The zero-order chi connectivity index (χ0) is 14.4. The van der Waals surface area contributed by atoms with Crippen LogP contribution in [0.2, 0.25) is 0 Å². The Morgan fingerprint density at radius 1 is 1.33 bits per heavy atom. The fraction of sp³-hybridized carbons (Fsp3) is 0.471. The number of halogens is 1. The molecule has 1 aromatic heterocycles. The molecule has 3 nitrogen and oxygen atoms in total.